The van der Waals surface area contributed by atoms with Gasteiger partial charge in [-0.15, -0.1) is 0 Å². The van der Waals surface area contributed by atoms with Crippen LogP contribution in [0, 0.1) is 0 Å². The molecule has 21 heavy (non-hydrogen) atoms. The van der Waals surface area contributed by atoms with Gasteiger partial charge in [0.05, 0.1) is 13.2 Å². The Kier molecular flexibility index (Phi) is 6.86. The zero-order valence-corrected chi connectivity index (χ0v) is 14.1. The molecule has 6 nitrogen and oxygen atoms in total. The van der Waals surface area contributed by atoms with E-state index in [0.29, 0.717) is 25.4 Å². The molecule has 0 amide bonds. The van der Waals surface area contributed by atoms with Crippen LogP contribution >= 0.6 is 0 Å². The van der Waals surface area contributed by atoms with Gasteiger partial charge in [0.15, 0.2) is 0 Å². The molecule has 1 atom stereocenters. The van der Waals surface area contributed by atoms with Crippen LogP contribution in [0.4, 0.5) is 0 Å². The summed E-state index contributed by atoms with van der Waals surface area (Å²) in [5.41, 5.74) is 0.617. The Hall–Kier alpha value is -0.890. The smallest absolute Gasteiger partial charge is 0.244 e. The number of aliphatic hydroxyl groups excluding tert-OH is 1. The zero-order chi connectivity index (χ0) is 16.0. The highest BCUT2D eigenvalue weighted by Crippen LogP contribution is 2.21. The van der Waals surface area contributed by atoms with E-state index in [1.807, 2.05) is 13.8 Å². The van der Waals surface area contributed by atoms with E-state index in [1.54, 1.807) is 30.9 Å². The van der Waals surface area contributed by atoms with Crippen molar-refractivity contribution in [2.45, 2.75) is 51.3 Å². The van der Waals surface area contributed by atoms with Crippen molar-refractivity contribution >= 4 is 10.0 Å². The van der Waals surface area contributed by atoms with E-state index in [4.69, 9.17) is 4.74 Å². The van der Waals surface area contributed by atoms with Crippen molar-refractivity contribution in [2.24, 2.45) is 0 Å². The van der Waals surface area contributed by atoms with Crippen LogP contribution in [-0.4, -0.2) is 48.7 Å². The summed E-state index contributed by atoms with van der Waals surface area (Å²) in [6.07, 6.45) is 2.48. The standard InChI is InChI=1S/C14H26N2O4S/c1-5-7-15-9-14(8-13(15)10-17)21(18,19)16(6-2)12(3)11-20-4/h8-9,12,17H,5-7,10-11H2,1-4H3. The molecule has 1 rings (SSSR count). The molecule has 0 aromatic carbocycles. The van der Waals surface area contributed by atoms with E-state index in [9.17, 15) is 13.5 Å². The predicted octanol–water partition coefficient (Wildman–Crippen LogP) is 1.44. The molecule has 1 aromatic rings. The Balaban J connectivity index is 3.16. The lowest BCUT2D eigenvalue weighted by Crippen LogP contribution is -2.40. The first-order valence-corrected chi connectivity index (χ1v) is 8.67. The Labute approximate surface area is 127 Å². The van der Waals surface area contributed by atoms with Gasteiger partial charge in [0.1, 0.15) is 4.90 Å². The van der Waals surface area contributed by atoms with Crippen LogP contribution in [0.25, 0.3) is 0 Å². The fourth-order valence-electron chi connectivity index (χ4n) is 2.43. The van der Waals surface area contributed by atoms with Crippen molar-refractivity contribution < 1.29 is 18.3 Å². The maximum atomic E-state index is 12.7. The van der Waals surface area contributed by atoms with E-state index >= 15 is 0 Å². The van der Waals surface area contributed by atoms with E-state index in [2.05, 4.69) is 0 Å². The zero-order valence-electron chi connectivity index (χ0n) is 13.2. The number of aromatic nitrogens is 1. The van der Waals surface area contributed by atoms with Gasteiger partial charge in [-0.1, -0.05) is 13.8 Å². The fourth-order valence-corrected chi connectivity index (χ4v) is 4.12. The Bertz CT molecular complexity index is 539. The van der Waals surface area contributed by atoms with E-state index in [1.165, 1.54) is 4.31 Å². The Morgan fingerprint density at radius 2 is 2.10 bits per heavy atom. The van der Waals surface area contributed by atoms with Crippen LogP contribution in [0.15, 0.2) is 17.2 Å². The lowest BCUT2D eigenvalue weighted by molar-refractivity contribution is 0.142. The molecule has 0 aliphatic carbocycles. The lowest BCUT2D eigenvalue weighted by Gasteiger charge is -2.26. The first kappa shape index (κ1) is 18.2. The fraction of sp³-hybridized carbons (Fsp3) is 0.714. The molecule has 0 saturated heterocycles. The van der Waals surface area contributed by atoms with Crippen LogP contribution in [0.1, 0.15) is 32.9 Å². The molecule has 0 aliphatic heterocycles. The Morgan fingerprint density at radius 1 is 1.43 bits per heavy atom. The predicted molar refractivity (Wildman–Crippen MR) is 81.5 cm³/mol. The summed E-state index contributed by atoms with van der Waals surface area (Å²) >= 11 is 0. The van der Waals surface area contributed by atoms with Crippen LogP contribution in [0.3, 0.4) is 0 Å². The number of hydrogen-bond acceptors (Lipinski definition) is 4. The molecule has 1 unspecified atom stereocenters. The van der Waals surface area contributed by atoms with Gasteiger partial charge in [-0.05, 0) is 19.4 Å². The van der Waals surface area contributed by atoms with Gasteiger partial charge in [0.25, 0.3) is 0 Å². The first-order valence-electron chi connectivity index (χ1n) is 7.23. The Morgan fingerprint density at radius 3 is 2.57 bits per heavy atom. The van der Waals surface area contributed by atoms with Crippen molar-refractivity contribution in [3.8, 4) is 0 Å². The van der Waals surface area contributed by atoms with Gasteiger partial charge in [0.2, 0.25) is 10.0 Å². The molecule has 0 spiro atoms. The highest BCUT2D eigenvalue weighted by atomic mass is 32.2. The summed E-state index contributed by atoms with van der Waals surface area (Å²) in [4.78, 5) is 0.227. The third kappa shape index (κ3) is 4.06. The average molecular weight is 318 g/mol. The number of aliphatic hydroxyl groups is 1. The number of sulfonamides is 1. The molecule has 0 fully saturated rings. The van der Waals surface area contributed by atoms with Crippen molar-refractivity contribution in [3.05, 3.63) is 18.0 Å². The van der Waals surface area contributed by atoms with E-state index in [0.717, 1.165) is 6.42 Å². The van der Waals surface area contributed by atoms with Crippen LogP contribution in [-0.2, 0) is 27.9 Å². The van der Waals surface area contributed by atoms with Crippen molar-refractivity contribution in [2.75, 3.05) is 20.3 Å². The maximum absolute atomic E-state index is 12.7. The van der Waals surface area contributed by atoms with Gasteiger partial charge in [-0.25, -0.2) is 8.42 Å². The minimum atomic E-state index is -3.58. The second-order valence-corrected chi connectivity index (χ2v) is 6.92. The quantitative estimate of drug-likeness (QED) is 0.748. The SMILES string of the molecule is CCCn1cc(S(=O)(=O)N(CC)C(C)COC)cc1CO. The second kappa shape index (κ2) is 7.93. The number of ether oxygens (including phenoxy) is 1. The van der Waals surface area contributed by atoms with Crippen LogP contribution < -0.4 is 0 Å². The molecule has 1 heterocycles. The van der Waals surface area contributed by atoms with Gasteiger partial charge in [0, 0.05) is 38.1 Å². The molecule has 0 aliphatic rings. The van der Waals surface area contributed by atoms with E-state index < -0.39 is 10.0 Å². The van der Waals surface area contributed by atoms with E-state index in [-0.39, 0.29) is 17.5 Å². The summed E-state index contributed by atoms with van der Waals surface area (Å²) in [5, 5.41) is 9.36. The minimum Gasteiger partial charge on any atom is -0.390 e. The monoisotopic (exact) mass is 318 g/mol. The normalized spacial score (nSPS) is 13.8. The molecule has 1 aromatic heterocycles. The molecular weight excluding hydrogens is 292 g/mol. The second-order valence-electron chi connectivity index (χ2n) is 5.03. The summed E-state index contributed by atoms with van der Waals surface area (Å²) in [6, 6.07) is 1.31. The third-order valence-corrected chi connectivity index (χ3v) is 5.46. The van der Waals surface area contributed by atoms with Gasteiger partial charge in [-0.3, -0.25) is 0 Å². The topological polar surface area (TPSA) is 71.8 Å². The van der Waals surface area contributed by atoms with Crippen LogP contribution in [0.5, 0.6) is 0 Å². The molecular formula is C14H26N2O4S. The summed E-state index contributed by atoms with van der Waals surface area (Å²) in [6.45, 7) is 6.87. The van der Waals surface area contributed by atoms with Crippen molar-refractivity contribution in [3.63, 3.8) is 0 Å². The highest BCUT2D eigenvalue weighted by Gasteiger charge is 2.29. The molecule has 1 N–H and O–H groups in total. The van der Waals surface area contributed by atoms with Gasteiger partial charge in [-0.2, -0.15) is 4.31 Å². The largest absolute Gasteiger partial charge is 0.390 e. The molecule has 7 heteroatoms. The maximum Gasteiger partial charge on any atom is 0.244 e. The van der Waals surface area contributed by atoms with Gasteiger partial charge >= 0.3 is 0 Å². The molecule has 0 saturated carbocycles. The highest BCUT2D eigenvalue weighted by molar-refractivity contribution is 7.89. The summed E-state index contributed by atoms with van der Waals surface area (Å²) in [5.74, 6) is 0. The van der Waals surface area contributed by atoms with Gasteiger partial charge < -0.3 is 14.4 Å². The molecule has 0 bridgehead atoms. The number of nitrogens with zero attached hydrogens (tertiary/aromatic N) is 2. The minimum absolute atomic E-state index is 0.171. The summed E-state index contributed by atoms with van der Waals surface area (Å²) in [7, 11) is -2.03. The number of hydrogen-bond donors (Lipinski definition) is 1. The first-order chi connectivity index (χ1) is 9.92. The lowest BCUT2D eigenvalue weighted by atomic mass is 10.4. The summed E-state index contributed by atoms with van der Waals surface area (Å²) < 4.78 is 33.7. The average Bonchev–Trinajstić information content (AvgIpc) is 2.84. The van der Waals surface area contributed by atoms with Crippen LogP contribution in [0.2, 0.25) is 0 Å². The van der Waals surface area contributed by atoms with Crippen molar-refractivity contribution in [1.82, 2.24) is 8.87 Å². The number of rotatable bonds is 9. The number of methoxy groups -OCH3 is 1. The molecule has 122 valence electrons. The number of likely N-dealkylation sites (N-methyl/N-ethyl adjacent to an activating group) is 1. The number of aryl methyl sites for hydroxylation is 1. The van der Waals surface area contributed by atoms with Crippen molar-refractivity contribution in [1.29, 1.82) is 0 Å². The third-order valence-electron chi connectivity index (χ3n) is 3.41. The molecule has 0 radical (unpaired) electrons.